The first-order valence-electron chi connectivity index (χ1n) is 7.54. The minimum Gasteiger partial charge on any atom is -0.361 e. The third-order valence-electron chi connectivity index (χ3n) is 3.56. The summed E-state index contributed by atoms with van der Waals surface area (Å²) in [5.41, 5.74) is 6.01. The van der Waals surface area contributed by atoms with E-state index in [1.165, 1.54) is 5.56 Å². The molecule has 0 atom stereocenters. The van der Waals surface area contributed by atoms with E-state index in [-0.39, 0.29) is 5.96 Å². The molecule has 0 fully saturated rings. The highest BCUT2D eigenvalue weighted by Crippen LogP contribution is 2.15. The van der Waals surface area contributed by atoms with Crippen molar-refractivity contribution in [2.24, 2.45) is 5.10 Å². The number of hydrogen-bond donors (Lipinski definition) is 4. The average Bonchev–Trinajstić information content (AvgIpc) is 2.99. The molecule has 0 unspecified atom stereocenters. The number of hydrogen-bond acceptors (Lipinski definition) is 2. The largest absolute Gasteiger partial charge is 0.361 e. The number of guanidine groups is 1. The topological polar surface area (TPSA) is 76.1 Å². The first-order valence-corrected chi connectivity index (χ1v) is 7.54. The van der Waals surface area contributed by atoms with Gasteiger partial charge in [0.05, 0.1) is 6.21 Å². The summed E-state index contributed by atoms with van der Waals surface area (Å²) in [6.07, 6.45) is 4.49. The van der Waals surface area contributed by atoms with Crippen molar-refractivity contribution < 1.29 is 0 Å². The fraction of sp³-hybridized carbons (Fsp3) is 0.111. The maximum Gasteiger partial charge on any atom is 0.209 e. The minimum absolute atomic E-state index is 0.192. The molecule has 3 rings (SSSR count). The fourth-order valence-electron chi connectivity index (χ4n) is 2.38. The number of para-hydroxylation sites is 1. The van der Waals surface area contributed by atoms with Crippen LogP contribution in [0.15, 0.2) is 65.9 Å². The maximum absolute atomic E-state index is 7.80. The number of nitrogens with zero attached hydrogens (tertiary/aromatic N) is 1. The van der Waals surface area contributed by atoms with Crippen LogP contribution in [0.3, 0.4) is 0 Å². The summed E-state index contributed by atoms with van der Waals surface area (Å²) in [5, 5.41) is 16.0. The lowest BCUT2D eigenvalue weighted by Gasteiger charge is -2.06. The Morgan fingerprint density at radius 3 is 2.74 bits per heavy atom. The lowest BCUT2D eigenvalue weighted by molar-refractivity contribution is 0.814. The Labute approximate surface area is 134 Å². The second-order valence-corrected chi connectivity index (χ2v) is 5.20. The molecule has 0 saturated carbocycles. The predicted octanol–water partition coefficient (Wildman–Crippen LogP) is 2.86. The van der Waals surface area contributed by atoms with Crippen LogP contribution in [0.1, 0.15) is 11.1 Å². The molecule has 0 saturated heterocycles. The molecule has 0 amide bonds. The molecule has 116 valence electrons. The van der Waals surface area contributed by atoms with E-state index in [2.05, 4.69) is 33.0 Å². The van der Waals surface area contributed by atoms with Gasteiger partial charge < -0.3 is 10.3 Å². The molecule has 4 N–H and O–H groups in total. The van der Waals surface area contributed by atoms with Gasteiger partial charge in [0.25, 0.3) is 0 Å². The summed E-state index contributed by atoms with van der Waals surface area (Å²) in [6, 6.07) is 18.2. The van der Waals surface area contributed by atoms with Gasteiger partial charge in [-0.25, -0.2) is 5.43 Å². The molecule has 5 nitrogen and oxygen atoms in total. The molecule has 0 radical (unpaired) electrons. The van der Waals surface area contributed by atoms with E-state index in [9.17, 15) is 0 Å². The quantitative estimate of drug-likeness (QED) is 0.332. The summed E-state index contributed by atoms with van der Waals surface area (Å²) < 4.78 is 0. The zero-order valence-electron chi connectivity index (χ0n) is 12.7. The Bertz CT molecular complexity index is 804. The van der Waals surface area contributed by atoms with E-state index >= 15 is 0 Å². The first-order chi connectivity index (χ1) is 11.3. The molecule has 2 aromatic carbocycles. The van der Waals surface area contributed by atoms with Crippen molar-refractivity contribution in [3.05, 3.63) is 71.9 Å². The SMILES string of the molecule is N=C(NCCc1ccccc1)N/N=C/c1c[nH]c2ccccc12. The van der Waals surface area contributed by atoms with Gasteiger partial charge >= 0.3 is 0 Å². The molecule has 0 aliphatic carbocycles. The third-order valence-corrected chi connectivity index (χ3v) is 3.56. The normalized spacial score (nSPS) is 11.0. The predicted molar refractivity (Wildman–Crippen MR) is 94.9 cm³/mol. The molecule has 0 bridgehead atoms. The van der Waals surface area contributed by atoms with E-state index in [4.69, 9.17) is 5.41 Å². The lowest BCUT2D eigenvalue weighted by Crippen LogP contribution is -2.34. The summed E-state index contributed by atoms with van der Waals surface area (Å²) in [7, 11) is 0. The van der Waals surface area contributed by atoms with Gasteiger partial charge in [0.2, 0.25) is 5.96 Å². The number of aromatic amines is 1. The molecule has 0 spiro atoms. The first kappa shape index (κ1) is 14.8. The molecular formula is C18H19N5. The van der Waals surface area contributed by atoms with Gasteiger partial charge in [-0.15, -0.1) is 0 Å². The Balaban J connectivity index is 1.47. The highest BCUT2D eigenvalue weighted by molar-refractivity contribution is 5.99. The van der Waals surface area contributed by atoms with E-state index in [0.717, 1.165) is 22.9 Å². The number of aromatic nitrogens is 1. The molecule has 3 aromatic rings. The summed E-state index contributed by atoms with van der Waals surface area (Å²) in [6.45, 7) is 0.693. The summed E-state index contributed by atoms with van der Waals surface area (Å²) >= 11 is 0. The van der Waals surface area contributed by atoms with E-state index in [1.807, 2.05) is 48.7 Å². The van der Waals surface area contributed by atoms with Crippen molar-refractivity contribution in [2.45, 2.75) is 6.42 Å². The van der Waals surface area contributed by atoms with Gasteiger partial charge in [0.15, 0.2) is 0 Å². The van der Waals surface area contributed by atoms with Crippen molar-refractivity contribution in [2.75, 3.05) is 6.54 Å². The molecule has 0 aliphatic heterocycles. The van der Waals surface area contributed by atoms with E-state index in [1.54, 1.807) is 6.21 Å². The van der Waals surface area contributed by atoms with Crippen LogP contribution in [0.25, 0.3) is 10.9 Å². The number of rotatable bonds is 5. The zero-order valence-corrected chi connectivity index (χ0v) is 12.7. The van der Waals surface area contributed by atoms with Crippen LogP contribution in [0.5, 0.6) is 0 Å². The lowest BCUT2D eigenvalue weighted by atomic mass is 10.1. The monoisotopic (exact) mass is 305 g/mol. The Hall–Kier alpha value is -3.08. The van der Waals surface area contributed by atoms with Crippen LogP contribution in [0.4, 0.5) is 0 Å². The Morgan fingerprint density at radius 2 is 1.87 bits per heavy atom. The van der Waals surface area contributed by atoms with Crippen molar-refractivity contribution in [1.29, 1.82) is 5.41 Å². The van der Waals surface area contributed by atoms with Crippen molar-refractivity contribution >= 4 is 23.1 Å². The average molecular weight is 305 g/mol. The highest BCUT2D eigenvalue weighted by Gasteiger charge is 1.99. The molecular weight excluding hydrogens is 286 g/mol. The number of H-pyrrole nitrogens is 1. The van der Waals surface area contributed by atoms with Gasteiger partial charge in [0, 0.05) is 29.2 Å². The van der Waals surface area contributed by atoms with Crippen LogP contribution < -0.4 is 10.7 Å². The summed E-state index contributed by atoms with van der Waals surface area (Å²) in [4.78, 5) is 3.19. The molecule has 0 aliphatic rings. The third kappa shape index (κ3) is 3.97. The van der Waals surface area contributed by atoms with Crippen LogP contribution in [-0.4, -0.2) is 23.7 Å². The van der Waals surface area contributed by atoms with Gasteiger partial charge in [-0.2, -0.15) is 5.10 Å². The van der Waals surface area contributed by atoms with Crippen LogP contribution in [-0.2, 0) is 6.42 Å². The second kappa shape index (κ2) is 7.26. The Kier molecular flexibility index (Phi) is 4.69. The maximum atomic E-state index is 7.80. The van der Waals surface area contributed by atoms with Gasteiger partial charge in [-0.05, 0) is 18.1 Å². The van der Waals surface area contributed by atoms with Gasteiger partial charge in [-0.1, -0.05) is 48.5 Å². The molecule has 1 aromatic heterocycles. The molecule has 5 heteroatoms. The molecule has 1 heterocycles. The van der Waals surface area contributed by atoms with Crippen molar-refractivity contribution in [1.82, 2.24) is 15.7 Å². The van der Waals surface area contributed by atoms with Crippen molar-refractivity contribution in [3.8, 4) is 0 Å². The van der Waals surface area contributed by atoms with Gasteiger partial charge in [-0.3, -0.25) is 5.41 Å². The fourth-order valence-corrected chi connectivity index (χ4v) is 2.38. The highest BCUT2D eigenvalue weighted by atomic mass is 15.4. The standard InChI is InChI=1S/C18H19N5/c19-18(20-11-10-14-6-2-1-3-7-14)23-22-13-15-12-21-17-9-5-4-8-16(15)17/h1-9,12-13,21H,10-11H2,(H3,19,20,23)/b22-13+. The van der Waals surface area contributed by atoms with Crippen LogP contribution in [0, 0.1) is 5.41 Å². The molecule has 23 heavy (non-hydrogen) atoms. The van der Waals surface area contributed by atoms with Crippen LogP contribution in [0.2, 0.25) is 0 Å². The van der Waals surface area contributed by atoms with Crippen molar-refractivity contribution in [3.63, 3.8) is 0 Å². The van der Waals surface area contributed by atoms with Crippen LogP contribution >= 0.6 is 0 Å². The summed E-state index contributed by atoms with van der Waals surface area (Å²) in [5.74, 6) is 0.192. The van der Waals surface area contributed by atoms with E-state index < -0.39 is 0 Å². The Morgan fingerprint density at radius 1 is 1.09 bits per heavy atom. The van der Waals surface area contributed by atoms with Gasteiger partial charge in [0.1, 0.15) is 0 Å². The number of nitrogens with one attached hydrogen (secondary N) is 4. The number of benzene rings is 2. The second-order valence-electron chi connectivity index (χ2n) is 5.20. The smallest absolute Gasteiger partial charge is 0.209 e. The minimum atomic E-state index is 0.192. The zero-order chi connectivity index (χ0) is 15.9. The van der Waals surface area contributed by atoms with E-state index in [0.29, 0.717) is 6.54 Å². The number of fused-ring (bicyclic) bond motifs is 1. The number of hydrazone groups is 1.